The van der Waals surface area contributed by atoms with E-state index >= 15 is 0 Å². The smallest absolute Gasteiger partial charge is 0.137 e. The highest BCUT2D eigenvalue weighted by Crippen LogP contribution is 2.26. The SMILES string of the molecule is CC.CC.CC.Cc1nn(C)cc1-c1cc2cc(Br)cnc2[nH]1. The highest BCUT2D eigenvalue weighted by Gasteiger charge is 2.09. The van der Waals surface area contributed by atoms with Gasteiger partial charge in [-0.25, -0.2) is 4.98 Å². The van der Waals surface area contributed by atoms with Crippen LogP contribution in [-0.4, -0.2) is 19.7 Å². The van der Waals surface area contributed by atoms with Crippen LogP contribution in [-0.2, 0) is 7.05 Å². The van der Waals surface area contributed by atoms with Crippen molar-refractivity contribution in [2.24, 2.45) is 7.05 Å². The fraction of sp³-hybridized carbons (Fsp3) is 0.444. The van der Waals surface area contributed by atoms with Crippen molar-refractivity contribution in [2.45, 2.75) is 48.5 Å². The zero-order valence-corrected chi connectivity index (χ0v) is 17.1. The summed E-state index contributed by atoms with van der Waals surface area (Å²) >= 11 is 3.42. The van der Waals surface area contributed by atoms with Crippen molar-refractivity contribution in [1.29, 1.82) is 0 Å². The fourth-order valence-corrected chi connectivity index (χ4v) is 2.35. The molecule has 3 heterocycles. The van der Waals surface area contributed by atoms with Gasteiger partial charge in [-0.15, -0.1) is 0 Å². The van der Waals surface area contributed by atoms with E-state index in [0.29, 0.717) is 0 Å². The molecule has 0 aliphatic carbocycles. The van der Waals surface area contributed by atoms with Gasteiger partial charge in [-0.05, 0) is 35.0 Å². The molecule has 4 nitrogen and oxygen atoms in total. The summed E-state index contributed by atoms with van der Waals surface area (Å²) < 4.78 is 2.80. The van der Waals surface area contributed by atoms with E-state index < -0.39 is 0 Å². The molecule has 128 valence electrons. The van der Waals surface area contributed by atoms with Gasteiger partial charge in [0.05, 0.1) is 11.4 Å². The molecule has 0 aromatic carbocycles. The molecule has 0 atom stereocenters. The lowest BCUT2D eigenvalue weighted by molar-refractivity contribution is 0.756. The first-order valence-corrected chi connectivity index (χ1v) is 9.07. The van der Waals surface area contributed by atoms with Crippen molar-refractivity contribution in [3.05, 3.63) is 34.7 Å². The molecule has 0 bridgehead atoms. The third-order valence-corrected chi connectivity index (χ3v) is 3.17. The largest absolute Gasteiger partial charge is 0.339 e. The van der Waals surface area contributed by atoms with Crippen molar-refractivity contribution in [3.8, 4) is 11.3 Å². The maximum absolute atomic E-state index is 4.34. The Morgan fingerprint density at radius 3 is 2.17 bits per heavy atom. The summed E-state index contributed by atoms with van der Waals surface area (Å²) in [5.41, 5.74) is 4.07. The number of hydrogen-bond acceptors (Lipinski definition) is 2. The predicted molar refractivity (Wildman–Crippen MR) is 105 cm³/mol. The predicted octanol–water partition coefficient (Wildman–Crippen LogP) is 6.11. The van der Waals surface area contributed by atoms with E-state index in [1.807, 2.05) is 72.5 Å². The number of nitrogens with one attached hydrogen (secondary N) is 1. The number of pyridine rings is 1. The van der Waals surface area contributed by atoms with Gasteiger partial charge in [-0.3, -0.25) is 4.68 Å². The molecule has 0 fully saturated rings. The van der Waals surface area contributed by atoms with Crippen LogP contribution in [0.25, 0.3) is 22.3 Å². The van der Waals surface area contributed by atoms with Gasteiger partial charge in [0.2, 0.25) is 0 Å². The lowest BCUT2D eigenvalue weighted by Gasteiger charge is -1.91. The number of rotatable bonds is 1. The number of aromatic nitrogens is 4. The molecule has 3 aromatic rings. The lowest BCUT2D eigenvalue weighted by Crippen LogP contribution is -1.86. The van der Waals surface area contributed by atoms with Gasteiger partial charge in [0.15, 0.2) is 0 Å². The Morgan fingerprint density at radius 2 is 1.65 bits per heavy atom. The first kappa shape index (κ1) is 21.4. The molecule has 0 aliphatic rings. The highest BCUT2D eigenvalue weighted by atomic mass is 79.9. The van der Waals surface area contributed by atoms with E-state index in [9.17, 15) is 0 Å². The zero-order chi connectivity index (χ0) is 18.0. The minimum absolute atomic E-state index is 0.895. The van der Waals surface area contributed by atoms with Crippen LogP contribution in [0.3, 0.4) is 0 Å². The molecule has 0 aliphatic heterocycles. The topological polar surface area (TPSA) is 46.5 Å². The molecule has 0 saturated heterocycles. The number of hydrogen-bond donors (Lipinski definition) is 1. The van der Waals surface area contributed by atoms with E-state index in [0.717, 1.165) is 32.5 Å². The number of aryl methyl sites for hydroxylation is 2. The number of aromatic amines is 1. The average molecular weight is 381 g/mol. The number of fused-ring (bicyclic) bond motifs is 1. The molecule has 0 radical (unpaired) electrons. The summed E-state index contributed by atoms with van der Waals surface area (Å²) in [4.78, 5) is 7.64. The van der Waals surface area contributed by atoms with Crippen LogP contribution in [0, 0.1) is 6.92 Å². The van der Waals surface area contributed by atoms with E-state index in [2.05, 4.69) is 37.1 Å². The molecule has 5 heteroatoms. The Hall–Kier alpha value is -1.62. The van der Waals surface area contributed by atoms with Crippen molar-refractivity contribution < 1.29 is 0 Å². The molecule has 0 unspecified atom stereocenters. The minimum Gasteiger partial charge on any atom is -0.339 e. The molecule has 3 rings (SSSR count). The summed E-state index contributed by atoms with van der Waals surface area (Å²) in [6.45, 7) is 14.0. The molecule has 0 amide bonds. The lowest BCUT2D eigenvalue weighted by atomic mass is 10.2. The zero-order valence-electron chi connectivity index (χ0n) is 15.5. The summed E-state index contributed by atoms with van der Waals surface area (Å²) in [6.07, 6.45) is 3.80. The Balaban J connectivity index is 0.000000728. The second kappa shape index (κ2) is 11.0. The second-order valence-electron chi connectivity index (χ2n) is 4.08. The summed E-state index contributed by atoms with van der Waals surface area (Å²) in [5.74, 6) is 0. The average Bonchev–Trinajstić information content (AvgIpc) is 3.15. The van der Waals surface area contributed by atoms with Gasteiger partial charge < -0.3 is 4.98 Å². The second-order valence-corrected chi connectivity index (χ2v) is 4.99. The van der Waals surface area contributed by atoms with Gasteiger partial charge in [0.25, 0.3) is 0 Å². The van der Waals surface area contributed by atoms with Gasteiger partial charge in [0.1, 0.15) is 5.65 Å². The summed E-state index contributed by atoms with van der Waals surface area (Å²) in [5, 5.41) is 5.44. The van der Waals surface area contributed by atoms with E-state index in [1.165, 1.54) is 0 Å². The number of nitrogens with zero attached hydrogens (tertiary/aromatic N) is 3. The maximum Gasteiger partial charge on any atom is 0.137 e. The van der Waals surface area contributed by atoms with Crippen LogP contribution in [0.1, 0.15) is 47.2 Å². The van der Waals surface area contributed by atoms with Crippen molar-refractivity contribution in [3.63, 3.8) is 0 Å². The quantitative estimate of drug-likeness (QED) is 0.553. The highest BCUT2D eigenvalue weighted by molar-refractivity contribution is 9.10. The first-order chi connectivity index (χ1) is 11.1. The van der Waals surface area contributed by atoms with Crippen LogP contribution in [0.5, 0.6) is 0 Å². The molecule has 1 N–H and O–H groups in total. The van der Waals surface area contributed by atoms with Gasteiger partial charge in [-0.2, -0.15) is 5.10 Å². The minimum atomic E-state index is 0.895. The number of H-pyrrole nitrogens is 1. The third-order valence-electron chi connectivity index (χ3n) is 2.74. The number of halogens is 1. The molecular weight excluding hydrogens is 352 g/mol. The molecule has 3 aromatic heterocycles. The van der Waals surface area contributed by atoms with Crippen LogP contribution >= 0.6 is 15.9 Å². The molecule has 0 saturated carbocycles. The van der Waals surface area contributed by atoms with Crippen molar-refractivity contribution >= 4 is 27.0 Å². The van der Waals surface area contributed by atoms with Crippen LogP contribution < -0.4 is 0 Å². The normalized spacial score (nSPS) is 9.09. The fourth-order valence-electron chi connectivity index (χ4n) is 2.00. The van der Waals surface area contributed by atoms with Crippen molar-refractivity contribution in [1.82, 2.24) is 19.7 Å². The summed E-state index contributed by atoms with van der Waals surface area (Å²) in [6, 6.07) is 4.14. The Morgan fingerprint density at radius 1 is 1.04 bits per heavy atom. The third kappa shape index (κ3) is 5.50. The Labute approximate surface area is 148 Å². The summed E-state index contributed by atoms with van der Waals surface area (Å²) in [7, 11) is 1.92. The Bertz CT molecular complexity index is 698. The Kier molecular flexibility index (Phi) is 10.2. The monoisotopic (exact) mass is 380 g/mol. The van der Waals surface area contributed by atoms with Gasteiger partial charge in [-0.1, -0.05) is 41.5 Å². The van der Waals surface area contributed by atoms with E-state index in [1.54, 1.807) is 6.20 Å². The standard InChI is InChI=1S/C12H11BrN4.3C2H6/c1-7-10(6-17(2)16-7)11-4-8-3-9(13)5-14-12(8)15-11;3*1-2/h3-6H,1-2H3,(H,14,15);3*1-2H3. The van der Waals surface area contributed by atoms with Crippen LogP contribution in [0.15, 0.2) is 29.0 Å². The molecule has 0 spiro atoms. The van der Waals surface area contributed by atoms with E-state index in [4.69, 9.17) is 0 Å². The van der Waals surface area contributed by atoms with Crippen LogP contribution in [0.4, 0.5) is 0 Å². The van der Waals surface area contributed by atoms with Crippen LogP contribution in [0.2, 0.25) is 0 Å². The van der Waals surface area contributed by atoms with E-state index in [-0.39, 0.29) is 0 Å². The van der Waals surface area contributed by atoms with Crippen molar-refractivity contribution in [2.75, 3.05) is 0 Å². The molecular formula is C18H29BrN4. The van der Waals surface area contributed by atoms with Gasteiger partial charge >= 0.3 is 0 Å². The maximum atomic E-state index is 4.34. The first-order valence-electron chi connectivity index (χ1n) is 8.28. The van der Waals surface area contributed by atoms with Gasteiger partial charge in [0, 0.05) is 34.9 Å². The molecule has 23 heavy (non-hydrogen) atoms.